The van der Waals surface area contributed by atoms with Crippen LogP contribution in [0, 0.1) is 5.92 Å². The number of piperidine rings is 1. The van der Waals surface area contributed by atoms with Gasteiger partial charge in [0.2, 0.25) is 15.9 Å². The molecule has 154 valence electrons. The number of hydrogen-bond acceptors (Lipinski definition) is 8. The van der Waals surface area contributed by atoms with Gasteiger partial charge in [-0.1, -0.05) is 17.2 Å². The molecule has 0 bridgehead atoms. The van der Waals surface area contributed by atoms with Crippen LogP contribution in [0.15, 0.2) is 33.1 Å². The molecule has 11 heteroatoms. The van der Waals surface area contributed by atoms with Crippen molar-refractivity contribution in [3.8, 4) is 17.4 Å². The van der Waals surface area contributed by atoms with Crippen molar-refractivity contribution in [1.82, 2.24) is 14.5 Å². The number of ether oxygens (including phenoxy) is 1. The predicted octanol–water partition coefficient (Wildman–Crippen LogP) is 2.10. The molecule has 10 nitrogen and oxygen atoms in total. The Morgan fingerprint density at radius 2 is 2.14 bits per heavy atom. The number of carbonyl (C=O) groups is 1. The Hall–Kier alpha value is -2.92. The molecule has 0 unspecified atom stereocenters. The average Bonchev–Trinajstić information content (AvgIpc) is 3.33. The summed E-state index contributed by atoms with van der Waals surface area (Å²) in [7, 11) is -1.79. The number of furan rings is 1. The lowest BCUT2D eigenvalue weighted by molar-refractivity contribution is -0.121. The van der Waals surface area contributed by atoms with Crippen LogP contribution in [0.25, 0.3) is 22.6 Å². The second kappa shape index (κ2) is 7.48. The summed E-state index contributed by atoms with van der Waals surface area (Å²) in [6.45, 7) is 0.553. The van der Waals surface area contributed by atoms with Gasteiger partial charge in [0.15, 0.2) is 17.1 Å². The lowest BCUT2D eigenvalue weighted by Crippen LogP contribution is -2.43. The van der Waals surface area contributed by atoms with Crippen LogP contribution in [0.1, 0.15) is 12.8 Å². The van der Waals surface area contributed by atoms with Gasteiger partial charge in [-0.3, -0.25) is 10.1 Å². The van der Waals surface area contributed by atoms with E-state index in [1.165, 1.54) is 4.31 Å². The fourth-order valence-corrected chi connectivity index (χ4v) is 4.25. The molecule has 1 saturated heterocycles. The van der Waals surface area contributed by atoms with Crippen molar-refractivity contribution >= 4 is 32.9 Å². The summed E-state index contributed by atoms with van der Waals surface area (Å²) in [5.41, 5.74) is 0.553. The number of methoxy groups -OCH3 is 1. The highest BCUT2D eigenvalue weighted by Gasteiger charge is 2.31. The summed E-state index contributed by atoms with van der Waals surface area (Å²) in [6.07, 6.45) is 2.34. The first-order chi connectivity index (χ1) is 13.8. The SMILES string of the molecule is COc1cccc2cc(-c3nnc(NC(=O)[C@@H]4CCCN(S(C)(=O)=O)C4)o3)oc12. The van der Waals surface area contributed by atoms with E-state index in [0.29, 0.717) is 36.5 Å². The molecule has 0 aliphatic carbocycles. The van der Waals surface area contributed by atoms with Crippen molar-refractivity contribution in [3.63, 3.8) is 0 Å². The van der Waals surface area contributed by atoms with Gasteiger partial charge in [-0.15, -0.1) is 5.10 Å². The highest BCUT2D eigenvalue weighted by atomic mass is 32.2. The van der Waals surface area contributed by atoms with Gasteiger partial charge in [-0.2, -0.15) is 0 Å². The van der Waals surface area contributed by atoms with Crippen LogP contribution in [-0.2, 0) is 14.8 Å². The maximum absolute atomic E-state index is 12.5. The van der Waals surface area contributed by atoms with Gasteiger partial charge >= 0.3 is 6.01 Å². The van der Waals surface area contributed by atoms with Crippen molar-refractivity contribution in [2.45, 2.75) is 12.8 Å². The molecular weight excluding hydrogens is 400 g/mol. The fraction of sp³-hybridized carbons (Fsp3) is 0.389. The van der Waals surface area contributed by atoms with E-state index in [1.54, 1.807) is 19.2 Å². The number of anilines is 1. The molecule has 3 aromatic rings. The topological polar surface area (TPSA) is 128 Å². The Bertz CT molecular complexity index is 1150. The fourth-order valence-electron chi connectivity index (χ4n) is 3.34. The number of sulfonamides is 1. The molecule has 1 amide bonds. The first-order valence-corrected chi connectivity index (χ1v) is 10.9. The maximum Gasteiger partial charge on any atom is 0.322 e. The van der Waals surface area contributed by atoms with Crippen LogP contribution in [0.5, 0.6) is 5.75 Å². The zero-order chi connectivity index (χ0) is 20.6. The van der Waals surface area contributed by atoms with Gasteiger partial charge in [0.05, 0.1) is 19.3 Å². The largest absolute Gasteiger partial charge is 0.493 e. The standard InChI is InChI=1S/C18H20N4O6S/c1-26-13-7-3-5-11-9-14(27-15(11)13)17-20-21-18(28-17)19-16(23)12-6-4-8-22(10-12)29(2,24)25/h3,5,7,9,12H,4,6,8,10H2,1-2H3,(H,19,21,23)/t12-/m1/s1. The molecule has 0 saturated carbocycles. The van der Waals surface area contributed by atoms with Crippen molar-refractivity contribution in [1.29, 1.82) is 0 Å². The van der Waals surface area contributed by atoms with Gasteiger partial charge in [-0.25, -0.2) is 12.7 Å². The van der Waals surface area contributed by atoms with Gasteiger partial charge in [-0.05, 0) is 25.0 Å². The van der Waals surface area contributed by atoms with Crippen LogP contribution in [0.2, 0.25) is 0 Å². The lowest BCUT2D eigenvalue weighted by atomic mass is 9.99. The Labute approximate surface area is 166 Å². The first-order valence-electron chi connectivity index (χ1n) is 9.01. The van der Waals surface area contributed by atoms with Crippen LogP contribution in [0.4, 0.5) is 6.01 Å². The van der Waals surface area contributed by atoms with E-state index in [-0.39, 0.29) is 24.4 Å². The number of carbonyl (C=O) groups excluding carboxylic acids is 1. The van der Waals surface area contributed by atoms with Gasteiger partial charge in [0.25, 0.3) is 5.89 Å². The summed E-state index contributed by atoms with van der Waals surface area (Å²) < 4.78 is 41.3. The summed E-state index contributed by atoms with van der Waals surface area (Å²) >= 11 is 0. The molecule has 0 radical (unpaired) electrons. The van der Waals surface area contributed by atoms with E-state index in [0.717, 1.165) is 11.6 Å². The Balaban J connectivity index is 1.49. The Morgan fingerprint density at radius 1 is 1.31 bits per heavy atom. The number of hydrogen-bond donors (Lipinski definition) is 1. The van der Waals surface area contributed by atoms with Gasteiger partial charge < -0.3 is 13.6 Å². The zero-order valence-corrected chi connectivity index (χ0v) is 16.7. The third-order valence-electron chi connectivity index (χ3n) is 4.82. The van der Waals surface area contributed by atoms with Crippen molar-refractivity contribution in [2.24, 2.45) is 5.92 Å². The van der Waals surface area contributed by atoms with E-state index in [1.807, 2.05) is 12.1 Å². The summed E-state index contributed by atoms with van der Waals surface area (Å²) in [5, 5.41) is 11.1. The molecule has 1 aromatic carbocycles. The minimum absolute atomic E-state index is 0.0751. The number of para-hydroxylation sites is 1. The average molecular weight is 420 g/mol. The normalized spacial score (nSPS) is 18.1. The van der Waals surface area contributed by atoms with Crippen molar-refractivity contribution in [2.75, 3.05) is 31.8 Å². The third kappa shape index (κ3) is 3.96. The quantitative estimate of drug-likeness (QED) is 0.665. The van der Waals surface area contributed by atoms with Gasteiger partial charge in [0.1, 0.15) is 0 Å². The third-order valence-corrected chi connectivity index (χ3v) is 6.09. The Kier molecular flexibility index (Phi) is 5.01. The van der Waals surface area contributed by atoms with E-state index < -0.39 is 15.9 Å². The molecule has 1 fully saturated rings. The van der Waals surface area contributed by atoms with E-state index in [4.69, 9.17) is 13.6 Å². The van der Waals surface area contributed by atoms with Crippen molar-refractivity contribution in [3.05, 3.63) is 24.3 Å². The number of aromatic nitrogens is 2. The second-order valence-electron chi connectivity index (χ2n) is 6.85. The Morgan fingerprint density at radius 3 is 2.90 bits per heavy atom. The minimum Gasteiger partial charge on any atom is -0.493 e. The number of benzene rings is 1. The smallest absolute Gasteiger partial charge is 0.322 e. The molecular formula is C18H20N4O6S. The van der Waals surface area contributed by atoms with E-state index in [9.17, 15) is 13.2 Å². The second-order valence-corrected chi connectivity index (χ2v) is 8.83. The maximum atomic E-state index is 12.5. The van der Waals surface area contributed by atoms with Crippen molar-refractivity contribution < 1.29 is 26.8 Å². The molecule has 29 heavy (non-hydrogen) atoms. The van der Waals surface area contributed by atoms with E-state index in [2.05, 4.69) is 15.5 Å². The van der Waals surface area contributed by atoms with Crippen LogP contribution in [0.3, 0.4) is 0 Å². The number of amides is 1. The minimum atomic E-state index is -3.34. The molecule has 1 aliphatic heterocycles. The lowest BCUT2D eigenvalue weighted by Gasteiger charge is -2.29. The predicted molar refractivity (Wildman–Crippen MR) is 104 cm³/mol. The summed E-state index contributed by atoms with van der Waals surface area (Å²) in [5.74, 6) is 0.192. The van der Waals surface area contributed by atoms with E-state index >= 15 is 0 Å². The summed E-state index contributed by atoms with van der Waals surface area (Å²) in [6, 6.07) is 7.14. The molecule has 0 spiro atoms. The number of fused-ring (bicyclic) bond motifs is 1. The zero-order valence-electron chi connectivity index (χ0n) is 15.9. The van der Waals surface area contributed by atoms with Crippen LogP contribution < -0.4 is 10.1 Å². The number of nitrogens with zero attached hydrogens (tertiary/aromatic N) is 3. The van der Waals surface area contributed by atoms with Gasteiger partial charge in [0, 0.05) is 18.5 Å². The molecule has 2 aromatic heterocycles. The summed E-state index contributed by atoms with van der Waals surface area (Å²) in [4.78, 5) is 12.5. The first kappa shape index (κ1) is 19.4. The number of nitrogens with one attached hydrogen (secondary N) is 1. The molecule has 1 N–H and O–H groups in total. The highest BCUT2D eigenvalue weighted by Crippen LogP contribution is 2.33. The molecule has 4 rings (SSSR count). The van der Waals surface area contributed by atoms with Crippen LogP contribution in [-0.4, -0.2) is 55.3 Å². The van der Waals surface area contributed by atoms with Crippen LogP contribution >= 0.6 is 0 Å². The monoisotopic (exact) mass is 420 g/mol. The molecule has 3 heterocycles. The highest BCUT2D eigenvalue weighted by molar-refractivity contribution is 7.88. The number of rotatable bonds is 5. The molecule has 1 aliphatic rings. The molecule has 1 atom stereocenters.